The van der Waals surface area contributed by atoms with Crippen LogP contribution in [0.15, 0.2) is 55.0 Å². The lowest BCUT2D eigenvalue weighted by Crippen LogP contribution is -2.35. The summed E-state index contributed by atoms with van der Waals surface area (Å²) in [6.07, 6.45) is 5.92. The Bertz CT molecular complexity index is 788. The Labute approximate surface area is 148 Å². The Balaban J connectivity index is 1.58. The number of aliphatic hydroxyl groups is 1. The maximum Gasteiger partial charge on any atom is 0.128 e. The number of likely N-dealkylation sites (N-methyl/N-ethyl adjacent to an activating group) is 1. The van der Waals surface area contributed by atoms with Crippen LogP contribution in [0.3, 0.4) is 0 Å². The van der Waals surface area contributed by atoms with Crippen LogP contribution >= 0.6 is 0 Å². The first-order chi connectivity index (χ1) is 12.2. The molecule has 0 fully saturated rings. The quantitative estimate of drug-likeness (QED) is 0.660. The molecule has 3 aromatic rings. The fraction of sp³-hybridized carbons (Fsp3) is 0.350. The van der Waals surface area contributed by atoms with E-state index >= 15 is 0 Å². The molecule has 0 saturated carbocycles. The van der Waals surface area contributed by atoms with Crippen LogP contribution in [0.4, 0.5) is 0 Å². The highest BCUT2D eigenvalue weighted by molar-refractivity contribution is 5.85. The molecule has 0 bridgehead atoms. The number of hydrogen-bond donors (Lipinski definition) is 2. The van der Waals surface area contributed by atoms with Crippen LogP contribution in [0.2, 0.25) is 0 Å². The number of rotatable bonds is 8. The van der Waals surface area contributed by atoms with Crippen molar-refractivity contribution in [1.82, 2.24) is 14.9 Å². The Hall–Kier alpha value is -2.37. The van der Waals surface area contributed by atoms with E-state index in [9.17, 15) is 5.11 Å². The number of fused-ring (bicyclic) bond motifs is 1. The van der Waals surface area contributed by atoms with Gasteiger partial charge in [0.2, 0.25) is 0 Å². The molecule has 2 heterocycles. The Kier molecular flexibility index (Phi) is 5.68. The lowest BCUT2D eigenvalue weighted by Gasteiger charge is -2.29. The van der Waals surface area contributed by atoms with E-state index in [1.807, 2.05) is 62.0 Å². The summed E-state index contributed by atoms with van der Waals surface area (Å²) >= 11 is 0. The summed E-state index contributed by atoms with van der Waals surface area (Å²) in [6.45, 7) is 2.96. The van der Waals surface area contributed by atoms with Gasteiger partial charge >= 0.3 is 0 Å². The number of H-pyrrole nitrogens is 1. The molecular formula is C20H25N3O2. The molecule has 0 aliphatic rings. The van der Waals surface area contributed by atoms with Gasteiger partial charge in [-0.25, -0.2) is 0 Å². The summed E-state index contributed by atoms with van der Waals surface area (Å²) in [5, 5.41) is 11.4. The normalized spacial score (nSPS) is 13.9. The van der Waals surface area contributed by atoms with Gasteiger partial charge in [0.05, 0.1) is 0 Å². The second-order valence-corrected chi connectivity index (χ2v) is 6.30. The van der Waals surface area contributed by atoms with Crippen molar-refractivity contribution in [3.63, 3.8) is 0 Å². The molecule has 0 saturated heterocycles. The topological polar surface area (TPSA) is 61.4 Å². The van der Waals surface area contributed by atoms with Crippen LogP contribution in [0, 0.1) is 0 Å². The van der Waals surface area contributed by atoms with Crippen molar-refractivity contribution in [2.45, 2.75) is 25.5 Å². The van der Waals surface area contributed by atoms with Crippen LogP contribution in [0.5, 0.6) is 5.75 Å². The third-order valence-electron chi connectivity index (χ3n) is 4.49. The molecule has 132 valence electrons. The molecule has 3 rings (SSSR count). The highest BCUT2D eigenvalue weighted by Crippen LogP contribution is 2.25. The van der Waals surface area contributed by atoms with Crippen molar-refractivity contribution < 1.29 is 9.84 Å². The lowest BCUT2D eigenvalue weighted by atomic mass is 10.0. The van der Waals surface area contributed by atoms with Gasteiger partial charge in [0, 0.05) is 42.1 Å². The molecule has 5 nitrogen and oxygen atoms in total. The highest BCUT2D eigenvalue weighted by atomic mass is 16.5. The molecule has 0 spiro atoms. The third kappa shape index (κ3) is 4.18. The monoisotopic (exact) mass is 339 g/mol. The first-order valence-electron chi connectivity index (χ1n) is 8.66. The molecule has 0 aliphatic carbocycles. The van der Waals surface area contributed by atoms with Crippen molar-refractivity contribution in [3.05, 3.63) is 60.6 Å². The number of aromatic amines is 1. The molecular weight excluding hydrogens is 314 g/mol. The SMILES string of the molecule is CCC(c1ccncc1)N(C)CC(O)COc1cccc2[nH]ccc12. The largest absolute Gasteiger partial charge is 0.490 e. The van der Waals surface area contributed by atoms with Gasteiger partial charge in [0.25, 0.3) is 0 Å². The molecule has 0 radical (unpaired) electrons. The van der Waals surface area contributed by atoms with E-state index < -0.39 is 6.10 Å². The van der Waals surface area contributed by atoms with Crippen LogP contribution in [0.1, 0.15) is 24.9 Å². The summed E-state index contributed by atoms with van der Waals surface area (Å²) in [5.74, 6) is 0.793. The Morgan fingerprint density at radius 3 is 2.76 bits per heavy atom. The van der Waals surface area contributed by atoms with Gasteiger partial charge in [-0.15, -0.1) is 0 Å². The van der Waals surface area contributed by atoms with E-state index in [2.05, 4.69) is 21.8 Å². The van der Waals surface area contributed by atoms with Crippen LogP contribution in [-0.4, -0.2) is 46.3 Å². The minimum atomic E-state index is -0.560. The molecule has 1 aromatic carbocycles. The molecule has 2 unspecified atom stereocenters. The summed E-state index contributed by atoms with van der Waals surface area (Å²) < 4.78 is 5.85. The van der Waals surface area contributed by atoms with Crippen molar-refractivity contribution in [3.8, 4) is 5.75 Å². The number of nitrogens with one attached hydrogen (secondary N) is 1. The van der Waals surface area contributed by atoms with Crippen LogP contribution < -0.4 is 4.74 Å². The molecule has 0 aliphatic heterocycles. The van der Waals surface area contributed by atoms with Gasteiger partial charge in [-0.3, -0.25) is 9.88 Å². The number of nitrogens with zero attached hydrogens (tertiary/aromatic N) is 2. The van der Waals surface area contributed by atoms with Gasteiger partial charge in [-0.1, -0.05) is 13.0 Å². The zero-order valence-corrected chi connectivity index (χ0v) is 14.7. The van der Waals surface area contributed by atoms with E-state index in [-0.39, 0.29) is 12.6 Å². The summed E-state index contributed by atoms with van der Waals surface area (Å²) in [6, 6.07) is 12.2. The molecule has 2 atom stereocenters. The van der Waals surface area contributed by atoms with E-state index in [0.717, 1.165) is 23.1 Å². The van der Waals surface area contributed by atoms with E-state index in [1.54, 1.807) is 0 Å². The summed E-state index contributed by atoms with van der Waals surface area (Å²) in [7, 11) is 2.03. The fourth-order valence-electron chi connectivity index (χ4n) is 3.27. The number of aromatic nitrogens is 2. The molecule has 2 aromatic heterocycles. The van der Waals surface area contributed by atoms with Gasteiger partial charge in [-0.05, 0) is 49.4 Å². The van der Waals surface area contributed by atoms with Gasteiger partial charge < -0.3 is 14.8 Å². The average Bonchev–Trinajstić information content (AvgIpc) is 3.11. The van der Waals surface area contributed by atoms with Crippen molar-refractivity contribution in [2.24, 2.45) is 0 Å². The number of ether oxygens (including phenoxy) is 1. The smallest absolute Gasteiger partial charge is 0.128 e. The van der Waals surface area contributed by atoms with Gasteiger partial charge in [0.1, 0.15) is 18.5 Å². The number of benzene rings is 1. The predicted octanol–water partition coefficient (Wildman–Crippen LogP) is 3.39. The number of pyridine rings is 1. The fourth-order valence-corrected chi connectivity index (χ4v) is 3.27. The number of aliphatic hydroxyl groups excluding tert-OH is 1. The zero-order valence-electron chi connectivity index (χ0n) is 14.7. The van der Waals surface area contributed by atoms with Crippen molar-refractivity contribution in [1.29, 1.82) is 0 Å². The molecule has 2 N–H and O–H groups in total. The predicted molar refractivity (Wildman–Crippen MR) is 99.7 cm³/mol. The Morgan fingerprint density at radius 2 is 2.00 bits per heavy atom. The van der Waals surface area contributed by atoms with Crippen LogP contribution in [-0.2, 0) is 0 Å². The minimum Gasteiger partial charge on any atom is -0.490 e. The maximum absolute atomic E-state index is 10.4. The highest BCUT2D eigenvalue weighted by Gasteiger charge is 2.18. The van der Waals surface area contributed by atoms with Crippen molar-refractivity contribution in [2.75, 3.05) is 20.2 Å². The summed E-state index contributed by atoms with van der Waals surface area (Å²) in [5.41, 5.74) is 2.25. The summed E-state index contributed by atoms with van der Waals surface area (Å²) in [4.78, 5) is 9.41. The standard InChI is InChI=1S/C20H25N3O2/c1-3-19(15-7-10-21-11-8-15)23(2)13-16(24)14-25-20-6-4-5-18-17(20)9-12-22-18/h4-12,16,19,22,24H,3,13-14H2,1-2H3. The third-order valence-corrected chi connectivity index (χ3v) is 4.49. The molecule has 0 amide bonds. The molecule has 5 heteroatoms. The van der Waals surface area contributed by atoms with E-state index in [1.165, 1.54) is 5.56 Å². The van der Waals surface area contributed by atoms with E-state index in [0.29, 0.717) is 6.54 Å². The van der Waals surface area contributed by atoms with Gasteiger partial charge in [-0.2, -0.15) is 0 Å². The number of hydrogen-bond acceptors (Lipinski definition) is 4. The molecule has 25 heavy (non-hydrogen) atoms. The van der Waals surface area contributed by atoms with Gasteiger partial charge in [0.15, 0.2) is 0 Å². The first kappa shape index (κ1) is 17.5. The van der Waals surface area contributed by atoms with E-state index in [4.69, 9.17) is 4.74 Å². The Morgan fingerprint density at radius 1 is 1.20 bits per heavy atom. The average molecular weight is 339 g/mol. The second-order valence-electron chi connectivity index (χ2n) is 6.30. The first-order valence-corrected chi connectivity index (χ1v) is 8.66. The van der Waals surface area contributed by atoms with Crippen LogP contribution in [0.25, 0.3) is 10.9 Å². The zero-order chi connectivity index (χ0) is 17.6. The second kappa shape index (κ2) is 8.14. The van der Waals surface area contributed by atoms with Crippen molar-refractivity contribution >= 4 is 10.9 Å². The lowest BCUT2D eigenvalue weighted by molar-refractivity contribution is 0.0625. The minimum absolute atomic E-state index is 0.255. The maximum atomic E-state index is 10.4.